The van der Waals surface area contributed by atoms with E-state index < -0.39 is 53.5 Å². The number of aromatic amines is 2. The van der Waals surface area contributed by atoms with Gasteiger partial charge in [0, 0.05) is 61.5 Å². The Bertz CT molecular complexity index is 2620. The first kappa shape index (κ1) is 45.3. The molecule has 0 aliphatic carbocycles. The number of hydrogen-bond acceptors (Lipinski definition) is 8. The second-order valence-electron chi connectivity index (χ2n) is 19.2. The van der Waals surface area contributed by atoms with Crippen LogP contribution in [0.5, 0.6) is 0 Å². The van der Waals surface area contributed by atoms with E-state index in [9.17, 15) is 14.4 Å². The molecule has 13 nitrogen and oxygen atoms in total. The summed E-state index contributed by atoms with van der Waals surface area (Å²) < 4.78 is 70.8. The molecule has 0 radical (unpaired) electrons. The van der Waals surface area contributed by atoms with Crippen molar-refractivity contribution in [2.75, 3.05) is 43.1 Å². The Labute approximate surface area is 381 Å². The number of carbonyl (C=O) groups excluding carboxylic acids is 3. The highest BCUT2D eigenvalue weighted by Gasteiger charge is 2.41. The number of H-pyrrole nitrogens is 2. The first-order valence-electron chi connectivity index (χ1n) is 23.6. The van der Waals surface area contributed by atoms with Crippen molar-refractivity contribution in [1.29, 1.82) is 0 Å². The molecule has 4 aliphatic rings. The Balaban J connectivity index is 1.08. The van der Waals surface area contributed by atoms with E-state index in [0.717, 1.165) is 32.1 Å². The van der Waals surface area contributed by atoms with Crippen LogP contribution >= 0.6 is 0 Å². The summed E-state index contributed by atoms with van der Waals surface area (Å²) in [6, 6.07) is 5.47. The Morgan fingerprint density at radius 1 is 0.682 bits per heavy atom. The second kappa shape index (κ2) is 18.4. The number of nitrogens with zero attached hydrogens (tertiary/aromatic N) is 6. The van der Waals surface area contributed by atoms with Gasteiger partial charge in [-0.05, 0) is 93.9 Å². The van der Waals surface area contributed by atoms with E-state index in [-0.39, 0.29) is 52.2 Å². The molecular weight excluding hydrogens is 855 g/mol. The number of hydrogen-bond donors (Lipinski definition) is 3. The quantitative estimate of drug-likeness (QED) is 0.111. The molecule has 3 N–H and O–H groups in total. The molecule has 352 valence electrons. The smallest absolute Gasteiger partial charge is 0.407 e. The number of fused-ring (bicyclic) bond motifs is 2. The molecule has 9 rings (SSSR count). The number of likely N-dealkylation sites (tertiary alicyclic amines) is 2. The number of methoxy groups -OCH3 is 1. The third-order valence-corrected chi connectivity index (χ3v) is 14.0. The van der Waals surface area contributed by atoms with Crippen molar-refractivity contribution in [2.24, 2.45) is 11.8 Å². The minimum atomic E-state index is -0.833. The first-order valence-corrected chi connectivity index (χ1v) is 23.6. The number of nitrogens with one attached hydrogen (secondary N) is 3. The first-order chi connectivity index (χ1) is 31.7. The predicted octanol–water partition coefficient (Wildman–Crippen LogP) is 9.82. The van der Waals surface area contributed by atoms with Gasteiger partial charge in [0.15, 0.2) is 11.6 Å². The molecule has 4 saturated heterocycles. The summed E-state index contributed by atoms with van der Waals surface area (Å²) in [6.07, 6.45) is 5.80. The summed E-state index contributed by atoms with van der Waals surface area (Å²) in [5.74, 6) is -1.87. The third kappa shape index (κ3) is 8.53. The van der Waals surface area contributed by atoms with Crippen molar-refractivity contribution in [2.45, 2.75) is 122 Å². The molecule has 3 amide bonds. The number of anilines is 2. The fourth-order valence-electron chi connectivity index (χ4n) is 10.9. The number of amides is 3. The zero-order chi connectivity index (χ0) is 46.6. The fraction of sp³-hybridized carbons (Fsp3) is 0.531. The normalized spacial score (nSPS) is 21.9. The van der Waals surface area contributed by atoms with Crippen LogP contribution in [-0.4, -0.2) is 87.0 Å². The molecule has 3 aromatic carbocycles. The topological polar surface area (TPSA) is 143 Å². The zero-order valence-corrected chi connectivity index (χ0v) is 38.2. The molecular formula is C49H59F4N9O4. The highest BCUT2D eigenvalue weighted by Crippen LogP contribution is 2.50. The van der Waals surface area contributed by atoms with E-state index in [1.54, 1.807) is 26.8 Å². The predicted molar refractivity (Wildman–Crippen MR) is 243 cm³/mol. The number of aromatic nitrogens is 4. The molecule has 0 unspecified atom stereocenters. The van der Waals surface area contributed by atoms with Crippen LogP contribution in [0.4, 0.5) is 33.7 Å². The van der Waals surface area contributed by atoms with Crippen LogP contribution in [0.3, 0.4) is 0 Å². The summed E-state index contributed by atoms with van der Waals surface area (Å²) in [5, 5.41) is 2.65. The van der Waals surface area contributed by atoms with Gasteiger partial charge in [0.1, 0.15) is 35.0 Å². The average molecular weight is 914 g/mol. The number of benzene rings is 3. The number of halogens is 4. The van der Waals surface area contributed by atoms with Crippen molar-refractivity contribution < 1.29 is 36.7 Å². The van der Waals surface area contributed by atoms with E-state index in [1.807, 2.05) is 32.6 Å². The molecule has 17 heteroatoms. The third-order valence-electron chi connectivity index (χ3n) is 14.0. The van der Waals surface area contributed by atoms with Gasteiger partial charge in [0.2, 0.25) is 11.8 Å². The van der Waals surface area contributed by atoms with Crippen molar-refractivity contribution in [3.05, 3.63) is 82.4 Å². The minimum absolute atomic E-state index is 0.0513. The van der Waals surface area contributed by atoms with Crippen molar-refractivity contribution in [3.8, 4) is 0 Å². The second-order valence-corrected chi connectivity index (χ2v) is 19.2. The summed E-state index contributed by atoms with van der Waals surface area (Å²) in [6.45, 7) is 9.78. The minimum Gasteiger partial charge on any atom is -0.453 e. The van der Waals surface area contributed by atoms with Gasteiger partial charge in [0.25, 0.3) is 0 Å². The molecule has 0 saturated carbocycles. The van der Waals surface area contributed by atoms with Crippen LogP contribution in [-0.2, 0) is 14.3 Å². The highest BCUT2D eigenvalue weighted by atomic mass is 19.1. The van der Waals surface area contributed by atoms with Gasteiger partial charge in [-0.3, -0.25) is 9.59 Å². The SMILES string of the molecule is COC(=O)N[C@H](C(=O)N1CCC[C@H]1c1nc2cc(F)c([C@H]3CC[C@H](c4cc5[nH]c([C@@H]6CCCN6C(=O)CC(C)C)nc5cc4F)N3c3cc(F)c(N4CCCCC4)c(F)c3)cc2[nH]1)C(C)C. The Hall–Kier alpha value is -5.87. The molecule has 0 bridgehead atoms. The molecule has 5 atom stereocenters. The van der Waals surface area contributed by atoms with Crippen LogP contribution < -0.4 is 15.1 Å². The van der Waals surface area contributed by atoms with Crippen LogP contribution in [0.25, 0.3) is 22.1 Å². The maximum Gasteiger partial charge on any atom is 0.407 e. The van der Waals surface area contributed by atoms with E-state index in [2.05, 4.69) is 15.3 Å². The number of carbonyl (C=O) groups is 3. The van der Waals surface area contributed by atoms with Crippen LogP contribution in [0, 0.1) is 35.1 Å². The lowest BCUT2D eigenvalue weighted by Gasteiger charge is -2.35. The lowest BCUT2D eigenvalue weighted by molar-refractivity contribution is -0.135. The number of ether oxygens (including phenoxy) is 1. The zero-order valence-electron chi connectivity index (χ0n) is 38.2. The molecule has 5 aromatic rings. The lowest BCUT2D eigenvalue weighted by atomic mass is 10.0. The maximum atomic E-state index is 16.7. The van der Waals surface area contributed by atoms with E-state index in [0.29, 0.717) is 92.0 Å². The largest absolute Gasteiger partial charge is 0.453 e. The molecule has 0 spiro atoms. The van der Waals surface area contributed by atoms with Gasteiger partial charge in [-0.1, -0.05) is 27.7 Å². The van der Waals surface area contributed by atoms with Gasteiger partial charge in [-0.2, -0.15) is 0 Å². The monoisotopic (exact) mass is 913 g/mol. The molecule has 66 heavy (non-hydrogen) atoms. The van der Waals surface area contributed by atoms with Crippen molar-refractivity contribution in [1.82, 2.24) is 35.1 Å². The average Bonchev–Trinajstić information content (AvgIpc) is 4.13. The highest BCUT2D eigenvalue weighted by molar-refractivity contribution is 5.87. The molecule has 4 aliphatic heterocycles. The Morgan fingerprint density at radius 3 is 1.73 bits per heavy atom. The fourth-order valence-corrected chi connectivity index (χ4v) is 10.9. The maximum absolute atomic E-state index is 16.7. The Morgan fingerprint density at radius 2 is 1.21 bits per heavy atom. The number of imidazole rings is 2. The molecule has 2 aromatic heterocycles. The number of rotatable bonds is 11. The van der Waals surface area contributed by atoms with E-state index in [1.165, 1.54) is 31.4 Å². The van der Waals surface area contributed by atoms with Gasteiger partial charge >= 0.3 is 6.09 Å². The van der Waals surface area contributed by atoms with Gasteiger partial charge < -0.3 is 39.6 Å². The summed E-state index contributed by atoms with van der Waals surface area (Å²) >= 11 is 0. The summed E-state index contributed by atoms with van der Waals surface area (Å²) in [5.41, 5.74) is 2.34. The molecule has 4 fully saturated rings. The number of piperidine rings is 1. The van der Waals surface area contributed by atoms with E-state index in [4.69, 9.17) is 14.7 Å². The van der Waals surface area contributed by atoms with Crippen LogP contribution in [0.1, 0.15) is 139 Å². The van der Waals surface area contributed by atoms with Crippen LogP contribution in [0.15, 0.2) is 36.4 Å². The Kier molecular flexibility index (Phi) is 12.6. The van der Waals surface area contributed by atoms with Gasteiger partial charge in [-0.25, -0.2) is 32.3 Å². The van der Waals surface area contributed by atoms with Crippen molar-refractivity contribution in [3.63, 3.8) is 0 Å². The van der Waals surface area contributed by atoms with Crippen molar-refractivity contribution >= 4 is 51.3 Å². The summed E-state index contributed by atoms with van der Waals surface area (Å²) in [7, 11) is 1.24. The molecule has 6 heterocycles. The summed E-state index contributed by atoms with van der Waals surface area (Å²) in [4.78, 5) is 62.4. The van der Waals surface area contributed by atoms with Crippen LogP contribution in [0.2, 0.25) is 0 Å². The lowest BCUT2D eigenvalue weighted by Crippen LogP contribution is -2.51. The van der Waals surface area contributed by atoms with Gasteiger partial charge in [-0.15, -0.1) is 0 Å². The van der Waals surface area contributed by atoms with E-state index >= 15 is 17.6 Å². The number of alkyl carbamates (subject to hydrolysis) is 1. The standard InChI is InChI=1S/C49H59F4N9O4/c1-26(2)19-43(63)60-17-9-11-41(60)46-54-35-22-29(31(50)24-37(35)56-46)39-13-14-40(62(39)28-20-33(52)45(34(53)21-28)59-15-7-6-8-16-59)30-23-36-38(25-32(30)51)57-47(55-36)42-12-10-18-61(42)48(64)44(27(3)4)58-49(65)66-5/h20-27,39-42,44H,6-19H2,1-5H3,(H,54,56)(H,55,57)(H,58,65)/t39-,40-,41+,42+,44+/m1/s1. The van der Waals surface area contributed by atoms with Gasteiger partial charge in [0.05, 0.1) is 53.3 Å².